The third kappa shape index (κ3) is 6.32. The minimum Gasteiger partial charge on any atom is -0.459 e. The lowest BCUT2D eigenvalue weighted by Gasteiger charge is -2.27. The number of esters is 1. The van der Waals surface area contributed by atoms with Crippen molar-refractivity contribution >= 4 is 12.1 Å². The number of likely N-dealkylation sites (tertiary alicyclic amines) is 1. The maximum atomic E-state index is 12.8. The molecule has 1 heterocycles. The van der Waals surface area contributed by atoms with Crippen molar-refractivity contribution in [2.24, 2.45) is 0 Å². The van der Waals surface area contributed by atoms with Gasteiger partial charge in [-0.2, -0.15) is 0 Å². The van der Waals surface area contributed by atoms with Crippen LogP contribution in [0.25, 0.3) is 0 Å². The van der Waals surface area contributed by atoms with Crippen molar-refractivity contribution < 1.29 is 23.8 Å². The highest BCUT2D eigenvalue weighted by molar-refractivity contribution is 5.82. The topological polar surface area (TPSA) is 65.1 Å². The molecule has 0 N–H and O–H groups in total. The van der Waals surface area contributed by atoms with E-state index in [1.165, 1.54) is 4.90 Å². The first-order valence-electron chi connectivity index (χ1n) is 10.2. The van der Waals surface area contributed by atoms with Gasteiger partial charge in [0.15, 0.2) is 0 Å². The van der Waals surface area contributed by atoms with Gasteiger partial charge < -0.3 is 14.2 Å². The number of ether oxygens (including phenoxy) is 3. The highest BCUT2D eigenvalue weighted by Gasteiger charge is 2.43. The van der Waals surface area contributed by atoms with Crippen LogP contribution < -0.4 is 0 Å². The molecule has 1 fully saturated rings. The lowest BCUT2D eigenvalue weighted by Crippen LogP contribution is -2.44. The Hall–Kier alpha value is -2.86. The van der Waals surface area contributed by atoms with Crippen molar-refractivity contribution in [3.8, 4) is 0 Å². The molecular formula is C24H29NO5. The molecule has 0 saturated carbocycles. The van der Waals surface area contributed by atoms with Crippen molar-refractivity contribution in [3.05, 3.63) is 71.8 Å². The van der Waals surface area contributed by atoms with E-state index in [0.29, 0.717) is 13.0 Å². The number of hydrogen-bond acceptors (Lipinski definition) is 5. The minimum atomic E-state index is -0.732. The van der Waals surface area contributed by atoms with Gasteiger partial charge in [-0.3, -0.25) is 4.90 Å². The SMILES string of the molecule is CC(C)(C)OC(=O)N1C[C@H](OCc2ccccc2)C[C@H]1C(=O)OCc1ccccc1. The van der Waals surface area contributed by atoms with Crippen LogP contribution in [0, 0.1) is 0 Å². The molecule has 1 aliphatic heterocycles. The molecule has 1 amide bonds. The van der Waals surface area contributed by atoms with E-state index in [1.807, 2.05) is 60.7 Å². The molecule has 3 rings (SSSR count). The van der Waals surface area contributed by atoms with Gasteiger partial charge in [0.05, 0.1) is 19.3 Å². The fourth-order valence-corrected chi connectivity index (χ4v) is 3.28. The molecule has 160 valence electrons. The highest BCUT2D eigenvalue weighted by atomic mass is 16.6. The Bertz CT molecular complexity index is 832. The zero-order valence-electron chi connectivity index (χ0n) is 17.7. The first-order chi connectivity index (χ1) is 14.3. The Morgan fingerprint density at radius 2 is 1.50 bits per heavy atom. The summed E-state index contributed by atoms with van der Waals surface area (Å²) in [6.07, 6.45) is -0.429. The largest absolute Gasteiger partial charge is 0.459 e. The number of rotatable bonds is 6. The second-order valence-electron chi connectivity index (χ2n) is 8.40. The third-order valence-electron chi connectivity index (χ3n) is 4.72. The zero-order valence-corrected chi connectivity index (χ0v) is 17.7. The molecule has 0 aromatic heterocycles. The summed E-state index contributed by atoms with van der Waals surface area (Å²) in [6, 6.07) is 18.5. The Morgan fingerprint density at radius 3 is 2.07 bits per heavy atom. The molecule has 2 aromatic rings. The van der Waals surface area contributed by atoms with Gasteiger partial charge in [0.25, 0.3) is 0 Å². The van der Waals surface area contributed by atoms with Crippen LogP contribution in [0.15, 0.2) is 60.7 Å². The second kappa shape index (κ2) is 9.76. The average molecular weight is 411 g/mol. The Morgan fingerprint density at radius 1 is 0.933 bits per heavy atom. The molecular weight excluding hydrogens is 382 g/mol. The van der Waals surface area contributed by atoms with E-state index in [1.54, 1.807) is 20.8 Å². The summed E-state index contributed by atoms with van der Waals surface area (Å²) in [4.78, 5) is 26.9. The molecule has 2 aromatic carbocycles. The monoisotopic (exact) mass is 411 g/mol. The molecule has 1 aliphatic rings. The van der Waals surface area contributed by atoms with Crippen LogP contribution >= 0.6 is 0 Å². The molecule has 2 atom stereocenters. The summed E-state index contributed by atoms with van der Waals surface area (Å²) in [5.41, 5.74) is 1.28. The van der Waals surface area contributed by atoms with Crippen LogP contribution in [-0.4, -0.2) is 41.3 Å². The summed E-state index contributed by atoms with van der Waals surface area (Å²) in [6.45, 7) is 6.26. The molecule has 0 spiro atoms. The van der Waals surface area contributed by atoms with Gasteiger partial charge in [-0.15, -0.1) is 0 Å². The molecule has 30 heavy (non-hydrogen) atoms. The maximum absolute atomic E-state index is 12.8. The van der Waals surface area contributed by atoms with Crippen LogP contribution in [0.5, 0.6) is 0 Å². The number of nitrogens with zero attached hydrogens (tertiary/aromatic N) is 1. The number of amides is 1. The molecule has 6 heteroatoms. The quantitative estimate of drug-likeness (QED) is 0.662. The van der Waals surface area contributed by atoms with Gasteiger partial charge in [-0.05, 0) is 31.9 Å². The van der Waals surface area contributed by atoms with Crippen LogP contribution in [0.2, 0.25) is 0 Å². The van der Waals surface area contributed by atoms with Crippen molar-refractivity contribution in [3.63, 3.8) is 0 Å². The molecule has 1 saturated heterocycles. The maximum Gasteiger partial charge on any atom is 0.411 e. The second-order valence-corrected chi connectivity index (χ2v) is 8.40. The lowest BCUT2D eigenvalue weighted by molar-refractivity contribution is -0.150. The molecule has 0 radical (unpaired) electrons. The predicted octanol–water partition coefficient (Wildman–Crippen LogP) is 4.32. The Balaban J connectivity index is 1.64. The summed E-state index contributed by atoms with van der Waals surface area (Å²) in [7, 11) is 0. The Kier molecular flexibility index (Phi) is 7.11. The summed E-state index contributed by atoms with van der Waals surface area (Å²) in [5.74, 6) is -0.449. The number of hydrogen-bond donors (Lipinski definition) is 0. The number of carbonyl (C=O) groups is 2. The Labute approximate surface area is 177 Å². The number of carbonyl (C=O) groups excluding carboxylic acids is 2. The average Bonchev–Trinajstić information content (AvgIpc) is 3.15. The van der Waals surface area contributed by atoms with Crippen molar-refractivity contribution in [1.29, 1.82) is 0 Å². The molecule has 0 aliphatic carbocycles. The normalized spacial score (nSPS) is 18.8. The van der Waals surface area contributed by atoms with Gasteiger partial charge in [0.1, 0.15) is 18.2 Å². The first kappa shape index (κ1) is 21.8. The molecule has 0 bridgehead atoms. The minimum absolute atomic E-state index is 0.161. The lowest BCUT2D eigenvalue weighted by atomic mass is 10.2. The van der Waals surface area contributed by atoms with Gasteiger partial charge in [0.2, 0.25) is 0 Å². The number of benzene rings is 2. The van der Waals surface area contributed by atoms with E-state index in [4.69, 9.17) is 14.2 Å². The zero-order chi connectivity index (χ0) is 21.6. The van der Waals surface area contributed by atoms with Crippen LogP contribution in [-0.2, 0) is 32.2 Å². The van der Waals surface area contributed by atoms with Crippen LogP contribution in [0.1, 0.15) is 38.3 Å². The first-order valence-corrected chi connectivity index (χ1v) is 10.2. The van der Waals surface area contributed by atoms with E-state index in [2.05, 4.69) is 0 Å². The van der Waals surface area contributed by atoms with Crippen molar-refractivity contribution in [2.75, 3.05) is 6.54 Å². The van der Waals surface area contributed by atoms with E-state index in [0.717, 1.165) is 11.1 Å². The van der Waals surface area contributed by atoms with Gasteiger partial charge in [-0.25, -0.2) is 9.59 Å². The predicted molar refractivity (Wildman–Crippen MR) is 113 cm³/mol. The standard InChI is InChI=1S/C24H29NO5/c1-24(2,3)30-23(27)25-15-20(28-16-18-10-6-4-7-11-18)14-21(25)22(26)29-17-19-12-8-5-9-13-19/h4-13,20-21H,14-17H2,1-3H3/t20-,21+/m1/s1. The van der Waals surface area contributed by atoms with E-state index in [9.17, 15) is 9.59 Å². The van der Waals surface area contributed by atoms with Crippen LogP contribution in [0.4, 0.5) is 4.79 Å². The van der Waals surface area contributed by atoms with Crippen LogP contribution in [0.3, 0.4) is 0 Å². The fourth-order valence-electron chi connectivity index (χ4n) is 3.28. The summed E-state index contributed by atoms with van der Waals surface area (Å²) < 4.78 is 17.0. The smallest absolute Gasteiger partial charge is 0.411 e. The van der Waals surface area contributed by atoms with E-state index >= 15 is 0 Å². The molecule has 0 unspecified atom stereocenters. The van der Waals surface area contributed by atoms with Crippen molar-refractivity contribution in [2.45, 2.75) is 58.2 Å². The van der Waals surface area contributed by atoms with Crippen molar-refractivity contribution in [1.82, 2.24) is 4.90 Å². The van der Waals surface area contributed by atoms with E-state index in [-0.39, 0.29) is 19.3 Å². The summed E-state index contributed by atoms with van der Waals surface area (Å²) in [5, 5.41) is 0. The highest BCUT2D eigenvalue weighted by Crippen LogP contribution is 2.25. The van der Waals surface area contributed by atoms with E-state index < -0.39 is 23.7 Å². The fraction of sp³-hybridized carbons (Fsp3) is 0.417. The third-order valence-corrected chi connectivity index (χ3v) is 4.72. The summed E-state index contributed by atoms with van der Waals surface area (Å²) >= 11 is 0. The molecule has 6 nitrogen and oxygen atoms in total. The van der Waals surface area contributed by atoms with Gasteiger partial charge in [-0.1, -0.05) is 60.7 Å². The van der Waals surface area contributed by atoms with Gasteiger partial charge in [0, 0.05) is 6.42 Å². The van der Waals surface area contributed by atoms with Gasteiger partial charge >= 0.3 is 12.1 Å².